The standard InChI is InChI=1S/C10H17N3OS/c1-7(2)4-12-10(15)13-6-9-11-5-8(3)14-9/h5,7H,4,6H2,1-3H3,(H2,12,13,15). The zero-order chi connectivity index (χ0) is 11.3. The van der Waals surface area contributed by atoms with Crippen LogP contribution in [-0.4, -0.2) is 16.6 Å². The number of hydrogen-bond acceptors (Lipinski definition) is 3. The monoisotopic (exact) mass is 227 g/mol. The summed E-state index contributed by atoms with van der Waals surface area (Å²) in [5, 5.41) is 6.78. The van der Waals surface area contributed by atoms with Crippen molar-refractivity contribution in [1.29, 1.82) is 0 Å². The normalized spacial score (nSPS) is 10.4. The SMILES string of the molecule is Cc1cnc(CNC(=S)NCC(C)C)o1. The summed E-state index contributed by atoms with van der Waals surface area (Å²) in [7, 11) is 0. The van der Waals surface area contributed by atoms with Gasteiger partial charge in [-0.25, -0.2) is 4.98 Å². The number of thiocarbonyl (C=S) groups is 1. The second-order valence-electron chi connectivity index (χ2n) is 3.82. The Morgan fingerprint density at radius 1 is 1.53 bits per heavy atom. The van der Waals surface area contributed by atoms with E-state index in [1.807, 2.05) is 6.92 Å². The van der Waals surface area contributed by atoms with E-state index in [-0.39, 0.29) is 0 Å². The topological polar surface area (TPSA) is 50.1 Å². The zero-order valence-electron chi connectivity index (χ0n) is 9.33. The molecule has 0 atom stereocenters. The van der Waals surface area contributed by atoms with E-state index >= 15 is 0 Å². The van der Waals surface area contributed by atoms with Crippen LogP contribution < -0.4 is 10.6 Å². The summed E-state index contributed by atoms with van der Waals surface area (Å²) >= 11 is 5.09. The van der Waals surface area contributed by atoms with E-state index in [0.29, 0.717) is 23.5 Å². The summed E-state index contributed by atoms with van der Waals surface area (Å²) in [6.45, 7) is 7.53. The molecule has 0 amide bonds. The minimum atomic E-state index is 0.526. The van der Waals surface area contributed by atoms with Gasteiger partial charge in [-0.2, -0.15) is 0 Å². The van der Waals surface area contributed by atoms with Crippen molar-refractivity contribution in [2.45, 2.75) is 27.3 Å². The first-order valence-electron chi connectivity index (χ1n) is 5.01. The average Bonchev–Trinajstić information content (AvgIpc) is 2.58. The lowest BCUT2D eigenvalue weighted by Crippen LogP contribution is -2.36. The summed E-state index contributed by atoms with van der Waals surface area (Å²) in [4.78, 5) is 4.07. The number of oxazole rings is 1. The van der Waals surface area contributed by atoms with Crippen molar-refractivity contribution >= 4 is 17.3 Å². The van der Waals surface area contributed by atoms with Crippen molar-refractivity contribution in [3.8, 4) is 0 Å². The minimum Gasteiger partial charge on any atom is -0.444 e. The average molecular weight is 227 g/mol. The Balaban J connectivity index is 2.22. The van der Waals surface area contributed by atoms with Crippen molar-refractivity contribution in [3.63, 3.8) is 0 Å². The molecule has 0 bridgehead atoms. The highest BCUT2D eigenvalue weighted by molar-refractivity contribution is 7.80. The van der Waals surface area contributed by atoms with E-state index in [4.69, 9.17) is 16.6 Å². The number of aromatic nitrogens is 1. The molecular formula is C10H17N3OS. The highest BCUT2D eigenvalue weighted by Gasteiger charge is 2.01. The third kappa shape index (κ3) is 4.78. The first-order chi connectivity index (χ1) is 7.08. The number of hydrogen-bond donors (Lipinski definition) is 2. The van der Waals surface area contributed by atoms with E-state index in [1.165, 1.54) is 0 Å². The zero-order valence-corrected chi connectivity index (χ0v) is 10.1. The first-order valence-corrected chi connectivity index (χ1v) is 5.41. The fourth-order valence-electron chi connectivity index (χ4n) is 0.998. The van der Waals surface area contributed by atoms with Crippen LogP contribution in [0.5, 0.6) is 0 Å². The lowest BCUT2D eigenvalue weighted by atomic mass is 10.2. The maximum atomic E-state index is 5.30. The number of nitrogens with zero attached hydrogens (tertiary/aromatic N) is 1. The molecule has 15 heavy (non-hydrogen) atoms. The van der Waals surface area contributed by atoms with Gasteiger partial charge in [0.2, 0.25) is 5.89 Å². The van der Waals surface area contributed by atoms with E-state index in [1.54, 1.807) is 6.20 Å². The Labute approximate surface area is 95.5 Å². The molecule has 0 fully saturated rings. The fraction of sp³-hybridized carbons (Fsp3) is 0.600. The second kappa shape index (κ2) is 5.70. The smallest absolute Gasteiger partial charge is 0.213 e. The van der Waals surface area contributed by atoms with Crippen molar-refractivity contribution < 1.29 is 4.42 Å². The van der Waals surface area contributed by atoms with Gasteiger partial charge in [0.15, 0.2) is 5.11 Å². The van der Waals surface area contributed by atoms with Crippen LogP contribution in [0.3, 0.4) is 0 Å². The van der Waals surface area contributed by atoms with Crippen LogP contribution in [0.2, 0.25) is 0 Å². The molecule has 1 aromatic heterocycles. The summed E-state index contributed by atoms with van der Waals surface area (Å²) in [5.41, 5.74) is 0. The molecule has 0 aromatic carbocycles. The summed E-state index contributed by atoms with van der Waals surface area (Å²) in [5.74, 6) is 2.04. The predicted molar refractivity (Wildman–Crippen MR) is 63.5 cm³/mol. The van der Waals surface area contributed by atoms with Crippen LogP contribution in [0.1, 0.15) is 25.5 Å². The molecule has 5 heteroatoms. The van der Waals surface area contributed by atoms with Crippen LogP contribution in [-0.2, 0) is 6.54 Å². The lowest BCUT2D eigenvalue weighted by Gasteiger charge is -2.10. The molecule has 0 aliphatic carbocycles. The van der Waals surface area contributed by atoms with Gasteiger partial charge in [-0.15, -0.1) is 0 Å². The number of aryl methyl sites for hydroxylation is 1. The molecule has 1 rings (SSSR count). The highest BCUT2D eigenvalue weighted by atomic mass is 32.1. The highest BCUT2D eigenvalue weighted by Crippen LogP contribution is 2.00. The van der Waals surface area contributed by atoms with Crippen LogP contribution in [0, 0.1) is 12.8 Å². The van der Waals surface area contributed by atoms with E-state index in [9.17, 15) is 0 Å². The van der Waals surface area contributed by atoms with Gasteiger partial charge in [0.25, 0.3) is 0 Å². The Bertz CT molecular complexity index is 322. The quantitative estimate of drug-likeness (QED) is 0.765. The first kappa shape index (κ1) is 12.0. The molecule has 0 spiro atoms. The van der Waals surface area contributed by atoms with Crippen LogP contribution >= 0.6 is 12.2 Å². The van der Waals surface area contributed by atoms with Gasteiger partial charge in [0, 0.05) is 6.54 Å². The maximum Gasteiger partial charge on any atom is 0.213 e. The molecule has 0 saturated heterocycles. The Hall–Kier alpha value is -1.10. The molecule has 1 aromatic rings. The summed E-state index contributed by atoms with van der Waals surface area (Å²) < 4.78 is 5.30. The third-order valence-corrected chi connectivity index (χ3v) is 2.03. The van der Waals surface area contributed by atoms with Gasteiger partial charge in [0.1, 0.15) is 5.76 Å². The Morgan fingerprint density at radius 3 is 2.80 bits per heavy atom. The fourth-order valence-corrected chi connectivity index (χ4v) is 1.15. The van der Waals surface area contributed by atoms with Gasteiger partial charge in [-0.1, -0.05) is 13.8 Å². The Kier molecular flexibility index (Phi) is 4.55. The van der Waals surface area contributed by atoms with E-state index in [2.05, 4.69) is 29.5 Å². The number of nitrogens with one attached hydrogen (secondary N) is 2. The predicted octanol–water partition coefficient (Wildman–Crippen LogP) is 1.60. The van der Waals surface area contributed by atoms with Gasteiger partial charge >= 0.3 is 0 Å². The van der Waals surface area contributed by atoms with Crippen molar-refractivity contribution in [2.24, 2.45) is 5.92 Å². The molecule has 84 valence electrons. The van der Waals surface area contributed by atoms with E-state index < -0.39 is 0 Å². The summed E-state index contributed by atoms with van der Waals surface area (Å²) in [6.07, 6.45) is 1.70. The maximum absolute atomic E-state index is 5.30. The van der Waals surface area contributed by atoms with Gasteiger partial charge in [-0.3, -0.25) is 0 Å². The summed E-state index contributed by atoms with van der Waals surface area (Å²) in [6, 6.07) is 0. The van der Waals surface area contributed by atoms with Crippen LogP contribution in [0.25, 0.3) is 0 Å². The number of rotatable bonds is 4. The minimum absolute atomic E-state index is 0.526. The molecule has 0 aliphatic rings. The van der Waals surface area contributed by atoms with Crippen LogP contribution in [0.15, 0.2) is 10.6 Å². The molecule has 4 nitrogen and oxygen atoms in total. The molecule has 0 aliphatic heterocycles. The molecule has 0 radical (unpaired) electrons. The van der Waals surface area contributed by atoms with Crippen molar-refractivity contribution in [3.05, 3.63) is 17.8 Å². The largest absolute Gasteiger partial charge is 0.444 e. The molecule has 1 heterocycles. The molecule has 2 N–H and O–H groups in total. The second-order valence-corrected chi connectivity index (χ2v) is 4.23. The van der Waals surface area contributed by atoms with Crippen molar-refractivity contribution in [2.75, 3.05) is 6.54 Å². The third-order valence-electron chi connectivity index (χ3n) is 1.74. The molecular weight excluding hydrogens is 210 g/mol. The van der Waals surface area contributed by atoms with Gasteiger partial charge < -0.3 is 15.1 Å². The van der Waals surface area contributed by atoms with Gasteiger partial charge in [0.05, 0.1) is 12.7 Å². The van der Waals surface area contributed by atoms with Crippen LogP contribution in [0.4, 0.5) is 0 Å². The lowest BCUT2D eigenvalue weighted by molar-refractivity contribution is 0.464. The van der Waals surface area contributed by atoms with E-state index in [0.717, 1.165) is 12.3 Å². The Morgan fingerprint density at radius 2 is 2.27 bits per heavy atom. The molecule has 0 saturated carbocycles. The van der Waals surface area contributed by atoms with Gasteiger partial charge in [-0.05, 0) is 25.1 Å². The molecule has 0 unspecified atom stereocenters. The van der Waals surface area contributed by atoms with Crippen molar-refractivity contribution in [1.82, 2.24) is 15.6 Å².